The van der Waals surface area contributed by atoms with Crippen LogP contribution >= 0.6 is 11.6 Å². The predicted octanol–water partition coefficient (Wildman–Crippen LogP) is 1.87. The molecule has 1 atom stereocenters. The lowest BCUT2D eigenvalue weighted by atomic mass is 10.2. The van der Waals surface area contributed by atoms with Crippen molar-refractivity contribution in [1.29, 1.82) is 0 Å². The maximum absolute atomic E-state index is 12.3. The maximum atomic E-state index is 12.3. The molecule has 1 aliphatic heterocycles. The van der Waals surface area contributed by atoms with Crippen LogP contribution in [-0.2, 0) is 0 Å². The molecule has 0 saturated heterocycles. The highest BCUT2D eigenvalue weighted by Gasteiger charge is 2.43. The molecule has 0 spiro atoms. The van der Waals surface area contributed by atoms with E-state index < -0.39 is 18.8 Å². The summed E-state index contributed by atoms with van der Waals surface area (Å²) in [5, 5.41) is 2.06. The molecule has 1 unspecified atom stereocenters. The summed E-state index contributed by atoms with van der Waals surface area (Å²) in [5.74, 6) is 0.128. The van der Waals surface area contributed by atoms with E-state index >= 15 is 0 Å². The fourth-order valence-corrected chi connectivity index (χ4v) is 1.25. The normalized spacial score (nSPS) is 20.1. The number of alkyl halides is 3. The summed E-state index contributed by atoms with van der Waals surface area (Å²) >= 11 is 5.44. The summed E-state index contributed by atoms with van der Waals surface area (Å²) < 4.78 is 41.8. The summed E-state index contributed by atoms with van der Waals surface area (Å²) in [7, 11) is 0. The predicted molar refractivity (Wildman–Crippen MR) is 46.0 cm³/mol. The molecule has 0 aliphatic carbocycles. The van der Waals surface area contributed by atoms with Crippen LogP contribution in [0.2, 0.25) is 5.28 Å². The average molecular weight is 240 g/mol. The average Bonchev–Trinajstić information content (AvgIpc) is 2.15. The molecule has 82 valence electrons. The number of nitrogens with one attached hydrogen (secondary N) is 1. The van der Waals surface area contributed by atoms with Gasteiger partial charge in [0.2, 0.25) is 5.28 Å². The van der Waals surface area contributed by atoms with Gasteiger partial charge in [0.1, 0.15) is 6.61 Å². The lowest BCUT2D eigenvalue weighted by Gasteiger charge is -2.27. The standard InChI is InChI=1S/C7H5ClF3N3O/c8-6-12-1-3-5(14-6)13-4(2-15-3)7(9,10)11/h1,4H,2H2,(H,12,13,14). The molecule has 1 aromatic rings. The fraction of sp³-hybridized carbons (Fsp3) is 0.429. The summed E-state index contributed by atoms with van der Waals surface area (Å²) in [6.45, 7) is -0.499. The molecule has 2 rings (SSSR count). The van der Waals surface area contributed by atoms with Gasteiger partial charge in [-0.2, -0.15) is 18.2 Å². The number of anilines is 1. The Labute approximate surface area is 87.4 Å². The Morgan fingerprint density at radius 3 is 2.93 bits per heavy atom. The molecule has 0 amide bonds. The highest BCUT2D eigenvalue weighted by atomic mass is 35.5. The number of fused-ring (bicyclic) bond motifs is 1. The third-order valence-electron chi connectivity index (χ3n) is 1.84. The number of aromatic nitrogens is 2. The molecule has 0 radical (unpaired) electrons. The first kappa shape index (κ1) is 10.3. The Hall–Kier alpha value is -1.24. The first-order valence-corrected chi connectivity index (χ1v) is 4.33. The smallest absolute Gasteiger partial charge is 0.411 e. The first-order valence-electron chi connectivity index (χ1n) is 3.95. The number of hydrogen-bond donors (Lipinski definition) is 1. The van der Waals surface area contributed by atoms with Gasteiger partial charge in [-0.05, 0) is 11.6 Å². The maximum Gasteiger partial charge on any atom is 0.411 e. The minimum Gasteiger partial charge on any atom is -0.486 e. The van der Waals surface area contributed by atoms with Gasteiger partial charge in [0.25, 0.3) is 0 Å². The Bertz CT molecular complexity index is 384. The van der Waals surface area contributed by atoms with Crippen LogP contribution < -0.4 is 10.1 Å². The number of hydrogen-bond acceptors (Lipinski definition) is 4. The number of nitrogens with zero attached hydrogens (tertiary/aromatic N) is 2. The fourth-order valence-electron chi connectivity index (χ4n) is 1.11. The zero-order chi connectivity index (χ0) is 11.1. The van der Waals surface area contributed by atoms with Gasteiger partial charge in [0.15, 0.2) is 17.6 Å². The summed E-state index contributed by atoms with van der Waals surface area (Å²) in [6.07, 6.45) is -3.15. The Balaban J connectivity index is 2.26. The lowest BCUT2D eigenvalue weighted by Crippen LogP contribution is -2.43. The highest BCUT2D eigenvalue weighted by Crippen LogP contribution is 2.32. The van der Waals surface area contributed by atoms with Gasteiger partial charge in [0.05, 0.1) is 6.20 Å². The molecular weight excluding hydrogens is 235 g/mol. The van der Waals surface area contributed by atoms with E-state index in [1.807, 2.05) is 0 Å². The highest BCUT2D eigenvalue weighted by molar-refractivity contribution is 6.28. The van der Waals surface area contributed by atoms with Crippen LogP contribution in [0.4, 0.5) is 19.0 Å². The molecule has 4 nitrogen and oxygen atoms in total. The summed E-state index contributed by atoms with van der Waals surface area (Å²) in [6, 6.07) is -1.77. The molecule has 0 aromatic carbocycles. The van der Waals surface area contributed by atoms with E-state index in [1.54, 1.807) is 0 Å². The van der Waals surface area contributed by atoms with Crippen molar-refractivity contribution in [1.82, 2.24) is 9.97 Å². The minimum atomic E-state index is -4.38. The van der Waals surface area contributed by atoms with Crippen LogP contribution in [0.1, 0.15) is 0 Å². The Morgan fingerprint density at radius 2 is 2.27 bits per heavy atom. The molecular formula is C7H5ClF3N3O. The molecule has 15 heavy (non-hydrogen) atoms. The van der Waals surface area contributed by atoms with Crippen LogP contribution in [0, 0.1) is 0 Å². The van der Waals surface area contributed by atoms with Crippen LogP contribution in [0.15, 0.2) is 6.20 Å². The van der Waals surface area contributed by atoms with E-state index in [0.29, 0.717) is 0 Å². The largest absolute Gasteiger partial charge is 0.486 e. The molecule has 1 N–H and O–H groups in total. The molecule has 2 heterocycles. The number of ether oxygens (including phenoxy) is 1. The van der Waals surface area contributed by atoms with E-state index in [0.717, 1.165) is 0 Å². The van der Waals surface area contributed by atoms with Crippen LogP contribution in [-0.4, -0.2) is 28.8 Å². The van der Waals surface area contributed by atoms with E-state index in [-0.39, 0.29) is 16.9 Å². The zero-order valence-electron chi connectivity index (χ0n) is 7.18. The lowest BCUT2D eigenvalue weighted by molar-refractivity contribution is -0.149. The van der Waals surface area contributed by atoms with E-state index in [4.69, 9.17) is 16.3 Å². The topological polar surface area (TPSA) is 47.0 Å². The zero-order valence-corrected chi connectivity index (χ0v) is 7.93. The van der Waals surface area contributed by atoms with Gasteiger partial charge >= 0.3 is 6.18 Å². The van der Waals surface area contributed by atoms with Crippen molar-refractivity contribution in [2.75, 3.05) is 11.9 Å². The van der Waals surface area contributed by atoms with E-state index in [9.17, 15) is 13.2 Å². The Kier molecular flexibility index (Phi) is 2.34. The second-order valence-electron chi connectivity index (χ2n) is 2.90. The number of halogens is 4. The van der Waals surface area contributed by atoms with Crippen molar-refractivity contribution in [3.8, 4) is 5.75 Å². The molecule has 8 heteroatoms. The number of rotatable bonds is 0. The third-order valence-corrected chi connectivity index (χ3v) is 2.02. The van der Waals surface area contributed by atoms with Crippen LogP contribution in [0.3, 0.4) is 0 Å². The van der Waals surface area contributed by atoms with Gasteiger partial charge in [0, 0.05) is 0 Å². The SMILES string of the molecule is FC(F)(F)C1COc2cnc(Cl)nc2N1. The second kappa shape index (κ2) is 3.41. The van der Waals surface area contributed by atoms with Crippen molar-refractivity contribution in [3.63, 3.8) is 0 Å². The molecule has 0 bridgehead atoms. The molecule has 0 fully saturated rings. The van der Waals surface area contributed by atoms with Gasteiger partial charge in [-0.15, -0.1) is 0 Å². The van der Waals surface area contributed by atoms with Crippen molar-refractivity contribution in [2.45, 2.75) is 12.2 Å². The monoisotopic (exact) mass is 239 g/mol. The van der Waals surface area contributed by atoms with Gasteiger partial charge in [-0.1, -0.05) is 0 Å². The van der Waals surface area contributed by atoms with Gasteiger partial charge in [-0.3, -0.25) is 0 Å². The van der Waals surface area contributed by atoms with E-state index in [2.05, 4.69) is 15.3 Å². The summed E-state index contributed by atoms with van der Waals surface area (Å²) in [4.78, 5) is 7.18. The van der Waals surface area contributed by atoms with Crippen molar-refractivity contribution < 1.29 is 17.9 Å². The van der Waals surface area contributed by atoms with E-state index in [1.165, 1.54) is 6.20 Å². The second-order valence-corrected chi connectivity index (χ2v) is 3.24. The molecule has 1 aliphatic rings. The Morgan fingerprint density at radius 1 is 1.53 bits per heavy atom. The van der Waals surface area contributed by atoms with Gasteiger partial charge < -0.3 is 10.1 Å². The molecule has 1 aromatic heterocycles. The van der Waals surface area contributed by atoms with Gasteiger partial charge in [-0.25, -0.2) is 4.98 Å². The quantitative estimate of drug-likeness (QED) is 0.702. The first-order chi connectivity index (χ1) is 6.97. The van der Waals surface area contributed by atoms with Crippen LogP contribution in [0.5, 0.6) is 5.75 Å². The van der Waals surface area contributed by atoms with Crippen LogP contribution in [0.25, 0.3) is 0 Å². The third kappa shape index (κ3) is 2.06. The van der Waals surface area contributed by atoms with Crippen molar-refractivity contribution >= 4 is 17.4 Å². The van der Waals surface area contributed by atoms with Crippen molar-refractivity contribution in [3.05, 3.63) is 11.5 Å². The minimum absolute atomic E-state index is 0.0384. The summed E-state index contributed by atoms with van der Waals surface area (Å²) in [5.41, 5.74) is 0. The molecule has 0 saturated carbocycles. The van der Waals surface area contributed by atoms with Crippen molar-refractivity contribution in [2.24, 2.45) is 0 Å².